The van der Waals surface area contributed by atoms with Gasteiger partial charge in [-0.3, -0.25) is 9.69 Å². The molecule has 2 aromatic carbocycles. The number of rotatable bonds is 8. The number of hydrogen-bond acceptors (Lipinski definition) is 2. The smallest absolute Gasteiger partial charge is 0.234 e. The third-order valence-corrected chi connectivity index (χ3v) is 3.44. The summed E-state index contributed by atoms with van der Waals surface area (Å²) in [6.45, 7) is 4.77. The van der Waals surface area contributed by atoms with E-state index in [0.29, 0.717) is 6.54 Å². The molecule has 0 aliphatic rings. The Labute approximate surface area is 133 Å². The van der Waals surface area contributed by atoms with Crippen molar-refractivity contribution >= 4 is 5.91 Å². The summed E-state index contributed by atoms with van der Waals surface area (Å²) in [6, 6.07) is 20.6. The summed E-state index contributed by atoms with van der Waals surface area (Å²) in [6.07, 6.45) is 0.961. The van der Waals surface area contributed by atoms with E-state index in [1.807, 2.05) is 36.4 Å². The zero-order chi connectivity index (χ0) is 15.6. The summed E-state index contributed by atoms with van der Waals surface area (Å²) in [7, 11) is 0. The van der Waals surface area contributed by atoms with Crippen molar-refractivity contribution in [3.8, 4) is 0 Å². The fourth-order valence-corrected chi connectivity index (χ4v) is 2.37. The van der Waals surface area contributed by atoms with Crippen LogP contribution in [0.4, 0.5) is 0 Å². The molecule has 0 aromatic heterocycles. The maximum Gasteiger partial charge on any atom is 0.234 e. The van der Waals surface area contributed by atoms with Gasteiger partial charge in [0.05, 0.1) is 6.54 Å². The van der Waals surface area contributed by atoms with Crippen molar-refractivity contribution in [2.24, 2.45) is 0 Å². The van der Waals surface area contributed by atoms with Crippen LogP contribution in [0.3, 0.4) is 0 Å². The Balaban J connectivity index is 2.01. The van der Waals surface area contributed by atoms with Crippen molar-refractivity contribution in [2.45, 2.75) is 26.4 Å². The average Bonchev–Trinajstić information content (AvgIpc) is 2.55. The minimum Gasteiger partial charge on any atom is -0.355 e. The van der Waals surface area contributed by atoms with Crippen molar-refractivity contribution in [1.29, 1.82) is 0 Å². The van der Waals surface area contributed by atoms with Gasteiger partial charge in [0, 0.05) is 19.6 Å². The van der Waals surface area contributed by atoms with Crippen molar-refractivity contribution in [3.05, 3.63) is 71.8 Å². The van der Waals surface area contributed by atoms with E-state index in [0.717, 1.165) is 26.1 Å². The topological polar surface area (TPSA) is 32.3 Å². The average molecular weight is 296 g/mol. The van der Waals surface area contributed by atoms with Crippen LogP contribution in [-0.4, -0.2) is 23.9 Å². The third-order valence-electron chi connectivity index (χ3n) is 3.44. The fourth-order valence-electron chi connectivity index (χ4n) is 2.37. The lowest BCUT2D eigenvalue weighted by molar-refractivity contribution is -0.122. The molecular formula is C19H24N2O. The monoisotopic (exact) mass is 296 g/mol. The Bertz CT molecular complexity index is 513. The lowest BCUT2D eigenvalue weighted by Crippen LogP contribution is -2.36. The highest BCUT2D eigenvalue weighted by molar-refractivity contribution is 5.77. The standard InChI is InChI=1S/C19H24N2O/c1-2-13-20-19(22)16-21(14-17-9-5-3-6-10-17)15-18-11-7-4-8-12-18/h3-12H,2,13-16H2,1H3,(H,20,22). The van der Waals surface area contributed by atoms with Gasteiger partial charge >= 0.3 is 0 Å². The molecule has 0 atom stereocenters. The molecular weight excluding hydrogens is 272 g/mol. The van der Waals surface area contributed by atoms with Gasteiger partial charge in [-0.15, -0.1) is 0 Å². The van der Waals surface area contributed by atoms with E-state index >= 15 is 0 Å². The van der Waals surface area contributed by atoms with Crippen LogP contribution in [0.2, 0.25) is 0 Å². The summed E-state index contributed by atoms with van der Waals surface area (Å²) in [5.41, 5.74) is 2.45. The zero-order valence-corrected chi connectivity index (χ0v) is 13.2. The van der Waals surface area contributed by atoms with Gasteiger partial charge in [0.15, 0.2) is 0 Å². The predicted octanol–water partition coefficient (Wildman–Crippen LogP) is 3.22. The van der Waals surface area contributed by atoms with E-state index in [-0.39, 0.29) is 5.91 Å². The minimum absolute atomic E-state index is 0.0914. The number of benzene rings is 2. The van der Waals surface area contributed by atoms with Crippen LogP contribution in [0.1, 0.15) is 24.5 Å². The SMILES string of the molecule is CCCNC(=O)CN(Cc1ccccc1)Cc1ccccc1. The van der Waals surface area contributed by atoms with Gasteiger partial charge in [0.1, 0.15) is 0 Å². The Hall–Kier alpha value is -2.13. The maximum absolute atomic E-state index is 12.0. The highest BCUT2D eigenvalue weighted by atomic mass is 16.2. The van der Waals surface area contributed by atoms with Crippen molar-refractivity contribution in [1.82, 2.24) is 10.2 Å². The molecule has 0 saturated heterocycles. The minimum atomic E-state index is 0.0914. The number of carbonyl (C=O) groups excluding carboxylic acids is 1. The van der Waals surface area contributed by atoms with Crippen LogP contribution in [0.25, 0.3) is 0 Å². The molecule has 0 aliphatic heterocycles. The first-order valence-corrected chi connectivity index (χ1v) is 7.85. The second-order valence-corrected chi connectivity index (χ2v) is 5.47. The first-order chi connectivity index (χ1) is 10.8. The molecule has 1 amide bonds. The van der Waals surface area contributed by atoms with Gasteiger partial charge in [-0.1, -0.05) is 67.6 Å². The number of carbonyl (C=O) groups is 1. The summed E-state index contributed by atoms with van der Waals surface area (Å²) in [5.74, 6) is 0.0914. The second-order valence-electron chi connectivity index (χ2n) is 5.47. The van der Waals surface area contributed by atoms with Gasteiger partial charge in [-0.05, 0) is 17.5 Å². The largest absolute Gasteiger partial charge is 0.355 e. The second kappa shape index (κ2) is 9.00. The Morgan fingerprint density at radius 3 is 1.86 bits per heavy atom. The number of hydrogen-bond donors (Lipinski definition) is 1. The van der Waals surface area contributed by atoms with Gasteiger partial charge in [-0.2, -0.15) is 0 Å². The molecule has 0 fully saturated rings. The molecule has 22 heavy (non-hydrogen) atoms. The maximum atomic E-state index is 12.0. The number of nitrogens with one attached hydrogen (secondary N) is 1. The van der Waals surface area contributed by atoms with Crippen molar-refractivity contribution in [3.63, 3.8) is 0 Å². The van der Waals surface area contributed by atoms with Crippen LogP contribution < -0.4 is 5.32 Å². The molecule has 2 aromatic rings. The van der Waals surface area contributed by atoms with E-state index in [9.17, 15) is 4.79 Å². The quantitative estimate of drug-likeness (QED) is 0.811. The highest BCUT2D eigenvalue weighted by Crippen LogP contribution is 2.09. The van der Waals surface area contributed by atoms with Crippen LogP contribution in [-0.2, 0) is 17.9 Å². The van der Waals surface area contributed by atoms with Gasteiger partial charge in [0.25, 0.3) is 0 Å². The molecule has 3 nitrogen and oxygen atoms in total. The first kappa shape index (κ1) is 16.2. The molecule has 0 bridgehead atoms. The van der Waals surface area contributed by atoms with Crippen LogP contribution in [0.5, 0.6) is 0 Å². The predicted molar refractivity (Wildman–Crippen MR) is 90.3 cm³/mol. The van der Waals surface area contributed by atoms with E-state index in [1.165, 1.54) is 11.1 Å². The van der Waals surface area contributed by atoms with Crippen LogP contribution >= 0.6 is 0 Å². The molecule has 0 aliphatic carbocycles. The summed E-state index contributed by atoms with van der Waals surface area (Å²) in [5, 5.41) is 2.95. The molecule has 3 heteroatoms. The molecule has 0 spiro atoms. The Kier molecular flexibility index (Phi) is 6.65. The summed E-state index contributed by atoms with van der Waals surface area (Å²) >= 11 is 0. The number of amides is 1. The van der Waals surface area contributed by atoms with E-state index in [4.69, 9.17) is 0 Å². The van der Waals surface area contributed by atoms with E-state index < -0.39 is 0 Å². The molecule has 0 unspecified atom stereocenters. The molecule has 0 radical (unpaired) electrons. The van der Waals surface area contributed by atoms with Crippen LogP contribution in [0.15, 0.2) is 60.7 Å². The number of nitrogens with zero attached hydrogens (tertiary/aromatic N) is 1. The van der Waals surface area contributed by atoms with E-state index in [2.05, 4.69) is 41.4 Å². The normalized spacial score (nSPS) is 10.6. The highest BCUT2D eigenvalue weighted by Gasteiger charge is 2.11. The summed E-state index contributed by atoms with van der Waals surface area (Å²) < 4.78 is 0. The molecule has 116 valence electrons. The molecule has 0 heterocycles. The molecule has 0 saturated carbocycles. The van der Waals surface area contributed by atoms with Crippen molar-refractivity contribution < 1.29 is 4.79 Å². The van der Waals surface area contributed by atoms with Gasteiger partial charge < -0.3 is 5.32 Å². The van der Waals surface area contributed by atoms with Crippen LogP contribution in [0, 0.1) is 0 Å². The Morgan fingerprint density at radius 2 is 1.41 bits per heavy atom. The lowest BCUT2D eigenvalue weighted by Gasteiger charge is -2.22. The van der Waals surface area contributed by atoms with Crippen molar-refractivity contribution in [2.75, 3.05) is 13.1 Å². The molecule has 2 rings (SSSR count). The molecule has 1 N–H and O–H groups in total. The zero-order valence-electron chi connectivity index (χ0n) is 13.2. The van der Waals surface area contributed by atoms with Gasteiger partial charge in [0.2, 0.25) is 5.91 Å². The third kappa shape index (κ3) is 5.70. The first-order valence-electron chi connectivity index (χ1n) is 7.85. The van der Waals surface area contributed by atoms with Gasteiger partial charge in [-0.25, -0.2) is 0 Å². The fraction of sp³-hybridized carbons (Fsp3) is 0.316. The lowest BCUT2D eigenvalue weighted by atomic mass is 10.1. The summed E-state index contributed by atoms with van der Waals surface area (Å²) in [4.78, 5) is 14.2. The van der Waals surface area contributed by atoms with E-state index in [1.54, 1.807) is 0 Å². The Morgan fingerprint density at radius 1 is 0.909 bits per heavy atom.